The number of benzene rings is 1. The number of ketones is 1. The number of Topliss-reactive ketones (excluding diaryl/α,β-unsaturated/α-hetero) is 1. The highest BCUT2D eigenvalue weighted by Gasteiger charge is 2.27. The topological polar surface area (TPSA) is 63.9 Å². The second-order valence-corrected chi connectivity index (χ2v) is 8.95. The van der Waals surface area contributed by atoms with Gasteiger partial charge in [-0.25, -0.2) is 19.0 Å². The number of aromatic nitrogens is 4. The van der Waals surface area contributed by atoms with Crippen LogP contribution in [0.1, 0.15) is 60.3 Å². The summed E-state index contributed by atoms with van der Waals surface area (Å²) in [6, 6.07) is 13.3. The van der Waals surface area contributed by atoms with Gasteiger partial charge in [0, 0.05) is 30.3 Å². The summed E-state index contributed by atoms with van der Waals surface area (Å²) < 4.78 is 15.5. The molecular weight excluding hydrogens is 453 g/mol. The third-order valence-corrected chi connectivity index (χ3v) is 6.33. The average molecular weight is 486 g/mol. The van der Waals surface area contributed by atoms with Gasteiger partial charge in [0.2, 0.25) is 0 Å². The van der Waals surface area contributed by atoms with E-state index in [2.05, 4.69) is 21.4 Å². The molecule has 0 saturated carbocycles. The predicted molar refractivity (Wildman–Crippen MR) is 141 cm³/mol. The molecule has 0 radical (unpaired) electrons. The molecule has 2 aromatic heterocycles. The molecule has 1 aromatic carbocycles. The van der Waals surface area contributed by atoms with E-state index in [9.17, 15) is 9.18 Å². The number of rotatable bonds is 10. The molecule has 0 unspecified atom stereocenters. The van der Waals surface area contributed by atoms with Gasteiger partial charge < -0.3 is 0 Å². The Balaban J connectivity index is 1.47. The number of carbonyl (C=O) groups is 1. The number of likely N-dealkylation sites (tertiary alicyclic amines) is 1. The van der Waals surface area contributed by atoms with E-state index in [1.54, 1.807) is 35.3 Å². The van der Waals surface area contributed by atoms with Crippen LogP contribution in [0.3, 0.4) is 0 Å². The van der Waals surface area contributed by atoms with E-state index in [4.69, 9.17) is 5.10 Å². The summed E-state index contributed by atoms with van der Waals surface area (Å²) in [7, 11) is 0. The maximum atomic E-state index is 13.7. The Bertz CT molecular complexity index is 1230. The van der Waals surface area contributed by atoms with E-state index in [1.807, 2.05) is 49.4 Å². The second-order valence-electron chi connectivity index (χ2n) is 8.95. The molecule has 1 aliphatic rings. The molecule has 186 valence electrons. The normalized spacial score (nSPS) is 15.4. The van der Waals surface area contributed by atoms with Crippen molar-refractivity contribution in [2.75, 3.05) is 19.6 Å². The molecule has 0 spiro atoms. The van der Waals surface area contributed by atoms with Gasteiger partial charge >= 0.3 is 0 Å². The van der Waals surface area contributed by atoms with E-state index < -0.39 is 0 Å². The fourth-order valence-electron chi connectivity index (χ4n) is 4.41. The number of nitrogens with zero attached hydrogens (tertiary/aromatic N) is 5. The molecule has 6 nitrogen and oxygen atoms in total. The number of allylic oxidation sites excluding steroid dienone is 5. The zero-order valence-electron chi connectivity index (χ0n) is 20.7. The van der Waals surface area contributed by atoms with Crippen molar-refractivity contribution in [1.29, 1.82) is 0 Å². The van der Waals surface area contributed by atoms with Crippen molar-refractivity contribution >= 4 is 11.4 Å². The van der Waals surface area contributed by atoms with E-state index in [-0.39, 0.29) is 23.9 Å². The lowest BCUT2D eigenvalue weighted by Gasteiger charge is -2.31. The first kappa shape index (κ1) is 25.4. The highest BCUT2D eigenvalue weighted by molar-refractivity contribution is 5.97. The van der Waals surface area contributed by atoms with Crippen LogP contribution in [0.4, 0.5) is 4.39 Å². The minimum atomic E-state index is -0.150. The van der Waals surface area contributed by atoms with Gasteiger partial charge in [-0.1, -0.05) is 62.1 Å². The maximum absolute atomic E-state index is 13.7. The third kappa shape index (κ3) is 6.49. The number of piperidine rings is 1. The lowest BCUT2D eigenvalue weighted by Crippen LogP contribution is -2.37. The van der Waals surface area contributed by atoms with Crippen molar-refractivity contribution in [3.63, 3.8) is 0 Å². The monoisotopic (exact) mass is 485 g/mol. The summed E-state index contributed by atoms with van der Waals surface area (Å²) in [5.74, 6) is 0.754. The molecule has 7 heteroatoms. The van der Waals surface area contributed by atoms with Gasteiger partial charge in [-0.3, -0.25) is 9.69 Å². The van der Waals surface area contributed by atoms with Gasteiger partial charge in [0.25, 0.3) is 5.95 Å². The van der Waals surface area contributed by atoms with Crippen LogP contribution in [0.15, 0.2) is 85.5 Å². The lowest BCUT2D eigenvalue weighted by molar-refractivity contribution is 0.0908. The van der Waals surface area contributed by atoms with Gasteiger partial charge in [0.05, 0.1) is 23.8 Å². The highest BCUT2D eigenvalue weighted by atomic mass is 19.1. The highest BCUT2D eigenvalue weighted by Crippen LogP contribution is 2.31. The first-order valence-corrected chi connectivity index (χ1v) is 12.4. The van der Waals surface area contributed by atoms with Crippen LogP contribution in [0, 0.1) is 0 Å². The lowest BCUT2D eigenvalue weighted by atomic mass is 9.92. The Morgan fingerprint density at radius 3 is 2.56 bits per heavy atom. The standard InChI is InChI=1S/C29H32FN5O/c1-3-9-25(30)13-7-10-22(2)26-20-27(35(33-26)29-31-16-8-17-32-29)23-14-18-34(19-15-23)21-28(36)24-11-5-4-6-12-24/h4-12,16-17,20,23H,2-3,13-15,18-19,21H2,1H3. The molecule has 4 rings (SSSR count). The minimum absolute atomic E-state index is 0.146. The Kier molecular flexibility index (Phi) is 8.68. The Morgan fingerprint density at radius 2 is 1.86 bits per heavy atom. The van der Waals surface area contributed by atoms with Crippen LogP contribution >= 0.6 is 0 Å². The zero-order valence-corrected chi connectivity index (χ0v) is 20.7. The third-order valence-electron chi connectivity index (χ3n) is 6.33. The summed E-state index contributed by atoms with van der Waals surface area (Å²) >= 11 is 0. The predicted octanol–water partition coefficient (Wildman–Crippen LogP) is 5.95. The molecule has 1 aliphatic heterocycles. The molecule has 0 amide bonds. The maximum Gasteiger partial charge on any atom is 0.250 e. The molecule has 36 heavy (non-hydrogen) atoms. The smallest absolute Gasteiger partial charge is 0.250 e. The minimum Gasteiger partial charge on any atom is -0.296 e. The SMILES string of the molecule is C=C(C=CCC(F)=CCC)c1cc(C2CCN(CC(=O)c3ccccc3)CC2)n(-c2ncccn2)n1. The van der Waals surface area contributed by atoms with Gasteiger partial charge in [0.15, 0.2) is 5.78 Å². The van der Waals surface area contributed by atoms with Crippen LogP contribution in [0.5, 0.6) is 0 Å². The van der Waals surface area contributed by atoms with Crippen LogP contribution in [0.25, 0.3) is 11.5 Å². The largest absolute Gasteiger partial charge is 0.296 e. The molecule has 0 atom stereocenters. The Hall–Kier alpha value is -3.71. The van der Waals surface area contributed by atoms with Gasteiger partial charge in [-0.05, 0) is 50.1 Å². The molecule has 0 N–H and O–H groups in total. The molecule has 3 aromatic rings. The molecule has 0 bridgehead atoms. The average Bonchev–Trinajstić information content (AvgIpc) is 3.36. The summed E-state index contributed by atoms with van der Waals surface area (Å²) in [6.45, 7) is 8.12. The first-order valence-electron chi connectivity index (χ1n) is 12.4. The number of halogens is 1. The van der Waals surface area contributed by atoms with Crippen molar-refractivity contribution in [3.05, 3.63) is 102 Å². The van der Waals surface area contributed by atoms with Crippen molar-refractivity contribution in [2.45, 2.75) is 38.5 Å². The fourth-order valence-corrected chi connectivity index (χ4v) is 4.41. The molecule has 1 fully saturated rings. The van der Waals surface area contributed by atoms with Crippen LogP contribution in [-0.2, 0) is 0 Å². The van der Waals surface area contributed by atoms with Crippen molar-refractivity contribution in [2.24, 2.45) is 0 Å². The number of carbonyl (C=O) groups excluding carboxylic acids is 1. The Morgan fingerprint density at radius 1 is 1.14 bits per heavy atom. The van der Waals surface area contributed by atoms with Gasteiger partial charge in [-0.2, -0.15) is 5.10 Å². The number of hydrogen-bond donors (Lipinski definition) is 0. The zero-order chi connectivity index (χ0) is 25.3. The molecular formula is C29H32FN5O. The van der Waals surface area contributed by atoms with E-state index in [1.165, 1.54) is 0 Å². The van der Waals surface area contributed by atoms with E-state index in [0.29, 0.717) is 24.5 Å². The number of hydrogen-bond acceptors (Lipinski definition) is 5. The first-order chi connectivity index (χ1) is 17.5. The fraction of sp³-hybridized carbons (Fsp3) is 0.310. The molecule has 3 heterocycles. The summed E-state index contributed by atoms with van der Waals surface area (Å²) in [4.78, 5) is 23.6. The van der Waals surface area contributed by atoms with Crippen molar-refractivity contribution in [1.82, 2.24) is 24.6 Å². The molecule has 1 saturated heterocycles. The second kappa shape index (κ2) is 12.3. The van der Waals surface area contributed by atoms with E-state index >= 15 is 0 Å². The van der Waals surface area contributed by atoms with Crippen LogP contribution in [0.2, 0.25) is 0 Å². The van der Waals surface area contributed by atoms with Crippen molar-refractivity contribution in [3.8, 4) is 5.95 Å². The van der Waals surface area contributed by atoms with Crippen molar-refractivity contribution < 1.29 is 9.18 Å². The summed E-state index contributed by atoms with van der Waals surface area (Å²) in [5.41, 5.74) is 3.20. The van der Waals surface area contributed by atoms with Crippen LogP contribution < -0.4 is 0 Å². The molecule has 0 aliphatic carbocycles. The summed E-state index contributed by atoms with van der Waals surface area (Å²) in [6.07, 6.45) is 11.3. The van der Waals surface area contributed by atoms with E-state index in [0.717, 1.165) is 42.9 Å². The quantitative estimate of drug-likeness (QED) is 0.262. The van der Waals surface area contributed by atoms with Crippen LogP contribution in [-0.4, -0.2) is 50.1 Å². The Labute approximate surface area is 211 Å². The summed E-state index contributed by atoms with van der Waals surface area (Å²) in [5, 5.41) is 4.76. The van der Waals surface area contributed by atoms with Gasteiger partial charge in [0.1, 0.15) is 0 Å². The van der Waals surface area contributed by atoms with Gasteiger partial charge in [-0.15, -0.1) is 0 Å².